The first-order chi connectivity index (χ1) is 14.2. The fraction of sp³-hybridized carbons (Fsp3) is 0.727. The van der Waals surface area contributed by atoms with Gasteiger partial charge in [-0.3, -0.25) is 9.69 Å². The summed E-state index contributed by atoms with van der Waals surface area (Å²) in [7, 11) is 0. The Bertz CT molecular complexity index is 674. The summed E-state index contributed by atoms with van der Waals surface area (Å²) in [5, 5.41) is 3.44. The minimum Gasteiger partial charge on any atom is -0.381 e. The molecule has 0 spiro atoms. The monoisotopic (exact) mass is 429 g/mol. The number of nitrogens with zero attached hydrogens (tertiary/aromatic N) is 2. The molecule has 0 radical (unpaired) electrons. The number of hydrogen-bond donors (Lipinski definition) is 1. The summed E-state index contributed by atoms with van der Waals surface area (Å²) in [6.45, 7) is 9.42. The first-order valence-electron chi connectivity index (χ1n) is 10.8. The third kappa shape index (κ3) is 7.23. The summed E-state index contributed by atoms with van der Waals surface area (Å²) < 4.78 is 45.0. The molecular weight excluding hydrogens is 395 g/mol. The molecule has 0 saturated carbocycles. The molecular formula is C22H34F3N3O2. The molecule has 0 aliphatic carbocycles. The fourth-order valence-electron chi connectivity index (χ4n) is 3.83. The average molecular weight is 430 g/mol. The Hall–Kier alpha value is -1.67. The number of alkyl halides is 3. The van der Waals surface area contributed by atoms with E-state index in [-0.39, 0.29) is 23.6 Å². The molecule has 1 fully saturated rings. The van der Waals surface area contributed by atoms with E-state index in [1.807, 2.05) is 0 Å². The minimum atomic E-state index is -4.55. The summed E-state index contributed by atoms with van der Waals surface area (Å²) in [4.78, 5) is 17.9. The van der Waals surface area contributed by atoms with Gasteiger partial charge in [-0.1, -0.05) is 26.8 Å². The van der Waals surface area contributed by atoms with E-state index in [1.165, 1.54) is 17.0 Å². The van der Waals surface area contributed by atoms with Gasteiger partial charge in [-0.05, 0) is 62.2 Å². The molecule has 5 nitrogen and oxygen atoms in total. The van der Waals surface area contributed by atoms with Crippen molar-refractivity contribution in [1.29, 1.82) is 0 Å². The number of hydrogen-bond acceptors (Lipinski definition) is 4. The lowest BCUT2D eigenvalue weighted by molar-refractivity contribution is -0.141. The summed E-state index contributed by atoms with van der Waals surface area (Å²) in [5.41, 5.74) is -1.16. The van der Waals surface area contributed by atoms with Crippen molar-refractivity contribution in [3.8, 4) is 0 Å². The fourth-order valence-corrected chi connectivity index (χ4v) is 3.83. The van der Waals surface area contributed by atoms with E-state index in [1.54, 1.807) is 6.92 Å². The first-order valence-corrected chi connectivity index (χ1v) is 10.8. The molecule has 170 valence electrons. The van der Waals surface area contributed by atoms with E-state index < -0.39 is 11.9 Å². The quantitative estimate of drug-likeness (QED) is 0.550. The zero-order valence-corrected chi connectivity index (χ0v) is 18.2. The maximum absolute atomic E-state index is 13.2. The first kappa shape index (κ1) is 24.6. The van der Waals surface area contributed by atoms with Crippen LogP contribution < -0.4 is 10.2 Å². The van der Waals surface area contributed by atoms with Crippen LogP contribution in [0.2, 0.25) is 0 Å². The van der Waals surface area contributed by atoms with Crippen molar-refractivity contribution in [2.24, 2.45) is 11.3 Å². The Morgan fingerprint density at radius 2 is 2.00 bits per heavy atom. The molecule has 8 heteroatoms. The number of pyridine rings is 1. The van der Waals surface area contributed by atoms with Crippen molar-refractivity contribution in [2.45, 2.75) is 59.1 Å². The van der Waals surface area contributed by atoms with E-state index in [0.29, 0.717) is 25.7 Å². The second-order valence-corrected chi connectivity index (χ2v) is 8.53. The lowest BCUT2D eigenvalue weighted by Gasteiger charge is -2.41. The summed E-state index contributed by atoms with van der Waals surface area (Å²) in [6, 6.07) is 3.73. The predicted molar refractivity (Wildman–Crippen MR) is 111 cm³/mol. The molecule has 1 aromatic rings. The van der Waals surface area contributed by atoms with Crippen molar-refractivity contribution in [2.75, 3.05) is 37.7 Å². The lowest BCUT2D eigenvalue weighted by atomic mass is 9.75. The SMILES string of the molecule is CCC(=O)N(CC1(CCCNCC(C)C)CCOCC1)c1cccc(C(F)(F)F)n1. The van der Waals surface area contributed by atoms with Gasteiger partial charge in [-0.25, -0.2) is 4.98 Å². The minimum absolute atomic E-state index is 0.0699. The summed E-state index contributed by atoms with van der Waals surface area (Å²) in [6.07, 6.45) is -0.950. The normalized spacial score (nSPS) is 16.6. The molecule has 1 amide bonds. The molecule has 30 heavy (non-hydrogen) atoms. The highest BCUT2D eigenvalue weighted by Gasteiger charge is 2.37. The van der Waals surface area contributed by atoms with Crippen LogP contribution in [0.3, 0.4) is 0 Å². The standard InChI is InChI=1S/C22H34F3N3O2/c1-4-20(29)28(19-8-5-7-18(27-19)22(23,24)25)16-21(10-13-30-14-11-21)9-6-12-26-15-17(2)3/h5,7-8,17,26H,4,6,9-16H2,1-3H3. The van der Waals surface area contributed by atoms with Crippen LogP contribution in [-0.2, 0) is 15.7 Å². The highest BCUT2D eigenvalue weighted by Crippen LogP contribution is 2.38. The van der Waals surface area contributed by atoms with E-state index >= 15 is 0 Å². The van der Waals surface area contributed by atoms with Crippen molar-refractivity contribution in [3.05, 3.63) is 23.9 Å². The van der Waals surface area contributed by atoms with E-state index in [9.17, 15) is 18.0 Å². The van der Waals surface area contributed by atoms with Crippen molar-refractivity contribution in [1.82, 2.24) is 10.3 Å². The zero-order chi connectivity index (χ0) is 22.2. The second-order valence-electron chi connectivity index (χ2n) is 8.53. The molecule has 0 bridgehead atoms. The highest BCUT2D eigenvalue weighted by molar-refractivity contribution is 5.92. The highest BCUT2D eigenvalue weighted by atomic mass is 19.4. The molecule has 1 saturated heterocycles. The smallest absolute Gasteiger partial charge is 0.381 e. The van der Waals surface area contributed by atoms with Crippen molar-refractivity contribution in [3.63, 3.8) is 0 Å². The van der Waals surface area contributed by atoms with Gasteiger partial charge in [0.2, 0.25) is 5.91 Å². The van der Waals surface area contributed by atoms with Gasteiger partial charge in [0.05, 0.1) is 0 Å². The number of anilines is 1. The number of carbonyl (C=O) groups excluding carboxylic acids is 1. The Labute approximate surface area is 177 Å². The van der Waals surface area contributed by atoms with Crippen LogP contribution in [0.1, 0.15) is 58.6 Å². The number of halogens is 3. The van der Waals surface area contributed by atoms with Crippen LogP contribution in [0.15, 0.2) is 18.2 Å². The summed E-state index contributed by atoms with van der Waals surface area (Å²) >= 11 is 0. The third-order valence-electron chi connectivity index (χ3n) is 5.57. The van der Waals surface area contributed by atoms with Gasteiger partial charge in [0.15, 0.2) is 0 Å². The lowest BCUT2D eigenvalue weighted by Crippen LogP contribution is -2.45. The Balaban J connectivity index is 2.19. The van der Waals surface area contributed by atoms with Crippen molar-refractivity contribution < 1.29 is 22.7 Å². The number of rotatable bonds is 10. The van der Waals surface area contributed by atoms with E-state index in [4.69, 9.17) is 4.74 Å². The molecule has 0 atom stereocenters. The molecule has 2 rings (SSSR count). The van der Waals surface area contributed by atoms with Gasteiger partial charge < -0.3 is 10.1 Å². The summed E-state index contributed by atoms with van der Waals surface area (Å²) in [5.74, 6) is 0.429. The van der Waals surface area contributed by atoms with Crippen LogP contribution in [0.5, 0.6) is 0 Å². The molecule has 1 aliphatic rings. The molecule has 2 heterocycles. The van der Waals surface area contributed by atoms with Gasteiger partial charge >= 0.3 is 6.18 Å². The van der Waals surface area contributed by atoms with Gasteiger partial charge in [0.25, 0.3) is 0 Å². The zero-order valence-electron chi connectivity index (χ0n) is 18.2. The second kappa shape index (κ2) is 11.1. The molecule has 1 aromatic heterocycles. The van der Waals surface area contributed by atoms with Crippen LogP contribution in [0.4, 0.5) is 19.0 Å². The van der Waals surface area contributed by atoms with Gasteiger partial charge in [0, 0.05) is 26.2 Å². The van der Waals surface area contributed by atoms with Crippen LogP contribution in [0.25, 0.3) is 0 Å². The molecule has 1 aliphatic heterocycles. The van der Waals surface area contributed by atoms with E-state index in [0.717, 1.165) is 44.8 Å². The van der Waals surface area contributed by atoms with Gasteiger partial charge in [-0.15, -0.1) is 0 Å². The Morgan fingerprint density at radius 3 is 2.60 bits per heavy atom. The number of ether oxygens (including phenoxy) is 1. The Kier molecular flexibility index (Phi) is 9.09. The van der Waals surface area contributed by atoms with Crippen LogP contribution in [0, 0.1) is 11.3 Å². The third-order valence-corrected chi connectivity index (χ3v) is 5.57. The predicted octanol–water partition coefficient (Wildman–Crippen LogP) is 4.67. The van der Waals surface area contributed by atoms with Gasteiger partial charge in [0.1, 0.15) is 11.5 Å². The average Bonchev–Trinajstić information content (AvgIpc) is 2.71. The number of nitrogens with one attached hydrogen (secondary N) is 1. The molecule has 0 aromatic carbocycles. The molecule has 1 N–H and O–H groups in total. The van der Waals surface area contributed by atoms with Gasteiger partial charge in [-0.2, -0.15) is 13.2 Å². The molecule has 0 unspecified atom stereocenters. The number of amides is 1. The van der Waals surface area contributed by atoms with E-state index in [2.05, 4.69) is 24.1 Å². The number of carbonyl (C=O) groups is 1. The Morgan fingerprint density at radius 1 is 1.30 bits per heavy atom. The van der Waals surface area contributed by atoms with Crippen LogP contribution in [-0.4, -0.2) is 43.7 Å². The topological polar surface area (TPSA) is 54.5 Å². The van der Waals surface area contributed by atoms with Crippen molar-refractivity contribution >= 4 is 11.7 Å². The maximum Gasteiger partial charge on any atom is 0.433 e. The largest absolute Gasteiger partial charge is 0.433 e. The maximum atomic E-state index is 13.2. The van der Waals surface area contributed by atoms with Crippen LogP contribution >= 0.6 is 0 Å². The number of aromatic nitrogens is 1.